The lowest BCUT2D eigenvalue weighted by atomic mass is 10.1. The van der Waals surface area contributed by atoms with Crippen LogP contribution in [0, 0.1) is 0 Å². The van der Waals surface area contributed by atoms with Crippen molar-refractivity contribution in [3.63, 3.8) is 0 Å². The van der Waals surface area contributed by atoms with Gasteiger partial charge in [-0.25, -0.2) is 0 Å². The number of carbonyl (C=O) groups excluding carboxylic acids is 3. The molecule has 3 amide bonds. The molecule has 6 nitrogen and oxygen atoms in total. The summed E-state index contributed by atoms with van der Waals surface area (Å²) in [5.74, 6) is -0.253. The normalized spacial score (nSPS) is 19.2. The molecule has 6 heteroatoms. The monoisotopic (exact) mass is 405 g/mol. The number of hydrogen-bond acceptors (Lipinski definition) is 3. The van der Waals surface area contributed by atoms with Crippen LogP contribution in [-0.4, -0.2) is 41.2 Å². The van der Waals surface area contributed by atoms with Crippen molar-refractivity contribution >= 4 is 23.4 Å². The summed E-state index contributed by atoms with van der Waals surface area (Å²) in [6.07, 6.45) is 2.38. The number of nitrogens with one attached hydrogen (secondary N) is 1. The van der Waals surface area contributed by atoms with Crippen LogP contribution >= 0.6 is 0 Å². The van der Waals surface area contributed by atoms with E-state index in [-0.39, 0.29) is 23.8 Å². The number of anilines is 1. The highest BCUT2D eigenvalue weighted by Gasteiger charge is 2.41. The van der Waals surface area contributed by atoms with Crippen molar-refractivity contribution in [1.82, 2.24) is 10.2 Å². The summed E-state index contributed by atoms with van der Waals surface area (Å²) in [4.78, 5) is 42.4. The van der Waals surface area contributed by atoms with Crippen LogP contribution in [0.4, 0.5) is 5.69 Å². The lowest BCUT2D eigenvalue weighted by Crippen LogP contribution is -2.44. The van der Waals surface area contributed by atoms with Gasteiger partial charge >= 0.3 is 0 Å². The topological polar surface area (TPSA) is 69.7 Å². The van der Waals surface area contributed by atoms with Crippen LogP contribution in [-0.2, 0) is 11.3 Å². The van der Waals surface area contributed by atoms with E-state index in [2.05, 4.69) is 5.32 Å². The zero-order chi connectivity index (χ0) is 21.3. The smallest absolute Gasteiger partial charge is 0.256 e. The Labute approximate surface area is 176 Å². The van der Waals surface area contributed by atoms with Crippen LogP contribution in [0.15, 0.2) is 48.5 Å². The summed E-state index contributed by atoms with van der Waals surface area (Å²) >= 11 is 0. The van der Waals surface area contributed by atoms with Crippen molar-refractivity contribution in [3.05, 3.63) is 65.2 Å². The SMILES string of the molecule is CC[C@H](C)NC(=O)c1cccc(CN2C(=O)[C@@H]3CCCN3C(=O)c3ccccc32)c1. The average Bonchev–Trinajstić information content (AvgIpc) is 3.24. The van der Waals surface area contributed by atoms with Crippen LogP contribution in [0.5, 0.6) is 0 Å². The molecule has 30 heavy (non-hydrogen) atoms. The van der Waals surface area contributed by atoms with Gasteiger partial charge in [-0.2, -0.15) is 0 Å². The Hall–Kier alpha value is -3.15. The van der Waals surface area contributed by atoms with Gasteiger partial charge in [0.2, 0.25) is 5.91 Å². The highest BCUT2D eigenvalue weighted by atomic mass is 16.2. The molecular weight excluding hydrogens is 378 g/mol. The summed E-state index contributed by atoms with van der Waals surface area (Å²) in [6, 6.07) is 14.3. The highest BCUT2D eigenvalue weighted by Crippen LogP contribution is 2.33. The van der Waals surface area contributed by atoms with Gasteiger partial charge in [-0.3, -0.25) is 14.4 Å². The molecule has 1 fully saturated rings. The Morgan fingerprint density at radius 1 is 1.17 bits per heavy atom. The van der Waals surface area contributed by atoms with E-state index in [4.69, 9.17) is 0 Å². The molecule has 4 rings (SSSR count). The van der Waals surface area contributed by atoms with Crippen molar-refractivity contribution in [1.29, 1.82) is 0 Å². The van der Waals surface area contributed by atoms with Crippen LogP contribution in [0.25, 0.3) is 0 Å². The van der Waals surface area contributed by atoms with Crippen LogP contribution in [0.3, 0.4) is 0 Å². The van der Waals surface area contributed by atoms with Gasteiger partial charge in [0.25, 0.3) is 11.8 Å². The standard InChI is InChI=1S/C24H27N3O3/c1-3-16(2)25-22(28)18-9-6-8-17(14-18)15-27-20-11-5-4-10-19(20)23(29)26-13-7-12-21(26)24(27)30/h4-6,8-11,14,16,21H,3,7,12-13,15H2,1-2H3,(H,25,28)/t16-,21-/m0/s1. The number of amides is 3. The van der Waals surface area contributed by atoms with Gasteiger partial charge in [-0.15, -0.1) is 0 Å². The maximum atomic E-state index is 13.4. The highest BCUT2D eigenvalue weighted by molar-refractivity contribution is 6.11. The van der Waals surface area contributed by atoms with Gasteiger partial charge < -0.3 is 15.1 Å². The molecule has 156 valence electrons. The molecule has 2 aliphatic rings. The number of benzene rings is 2. The van der Waals surface area contributed by atoms with Crippen LogP contribution in [0.2, 0.25) is 0 Å². The largest absolute Gasteiger partial charge is 0.350 e. The first kappa shape index (κ1) is 20.1. The maximum Gasteiger partial charge on any atom is 0.256 e. The molecular formula is C24H27N3O3. The fourth-order valence-corrected chi connectivity index (χ4v) is 4.18. The molecule has 0 aliphatic carbocycles. The maximum absolute atomic E-state index is 13.4. The molecule has 0 unspecified atom stereocenters. The molecule has 0 radical (unpaired) electrons. The number of para-hydroxylation sites is 1. The van der Waals surface area contributed by atoms with Crippen LogP contribution in [0.1, 0.15) is 59.4 Å². The van der Waals surface area contributed by atoms with Gasteiger partial charge in [0.05, 0.1) is 17.8 Å². The summed E-state index contributed by atoms with van der Waals surface area (Å²) in [5.41, 5.74) is 2.62. The summed E-state index contributed by atoms with van der Waals surface area (Å²) in [6.45, 7) is 4.93. The minimum absolute atomic E-state index is 0.0553. The molecule has 2 aromatic rings. The van der Waals surface area contributed by atoms with E-state index in [0.717, 1.165) is 18.4 Å². The third kappa shape index (κ3) is 3.70. The lowest BCUT2D eigenvalue weighted by Gasteiger charge is -2.26. The minimum Gasteiger partial charge on any atom is -0.350 e. The second-order valence-electron chi connectivity index (χ2n) is 8.08. The molecule has 1 saturated heterocycles. The van der Waals surface area contributed by atoms with Crippen molar-refractivity contribution in [2.75, 3.05) is 11.4 Å². The van der Waals surface area contributed by atoms with Gasteiger partial charge in [0.15, 0.2) is 0 Å². The summed E-state index contributed by atoms with van der Waals surface area (Å²) in [5, 5.41) is 2.98. The Bertz CT molecular complexity index is 987. The predicted octanol–water partition coefficient (Wildman–Crippen LogP) is 3.37. The van der Waals surface area contributed by atoms with Crippen LogP contribution < -0.4 is 10.2 Å². The first-order valence-corrected chi connectivity index (χ1v) is 10.6. The Morgan fingerprint density at radius 2 is 1.97 bits per heavy atom. The first-order chi connectivity index (χ1) is 14.5. The van der Waals surface area contributed by atoms with E-state index < -0.39 is 6.04 Å². The van der Waals surface area contributed by atoms with E-state index in [0.29, 0.717) is 36.3 Å². The zero-order valence-electron chi connectivity index (χ0n) is 17.4. The van der Waals surface area contributed by atoms with Crippen molar-refractivity contribution in [3.8, 4) is 0 Å². The quantitative estimate of drug-likeness (QED) is 0.829. The van der Waals surface area contributed by atoms with Gasteiger partial charge in [0, 0.05) is 18.2 Å². The Balaban J connectivity index is 1.66. The van der Waals surface area contributed by atoms with Crippen molar-refractivity contribution in [2.24, 2.45) is 0 Å². The minimum atomic E-state index is -0.415. The fourth-order valence-electron chi connectivity index (χ4n) is 4.18. The first-order valence-electron chi connectivity index (χ1n) is 10.6. The molecule has 1 N–H and O–H groups in total. The van der Waals surface area contributed by atoms with Crippen molar-refractivity contribution < 1.29 is 14.4 Å². The van der Waals surface area contributed by atoms with E-state index in [1.54, 1.807) is 21.9 Å². The molecule has 0 bridgehead atoms. The van der Waals surface area contributed by atoms with E-state index in [1.807, 2.05) is 50.2 Å². The fraction of sp³-hybridized carbons (Fsp3) is 0.375. The average molecular weight is 405 g/mol. The molecule has 0 aromatic heterocycles. The van der Waals surface area contributed by atoms with Gasteiger partial charge in [0.1, 0.15) is 6.04 Å². The lowest BCUT2D eigenvalue weighted by molar-refractivity contribution is -0.122. The summed E-state index contributed by atoms with van der Waals surface area (Å²) in [7, 11) is 0. The Kier molecular flexibility index (Phi) is 5.57. The third-order valence-corrected chi connectivity index (χ3v) is 6.01. The zero-order valence-corrected chi connectivity index (χ0v) is 17.4. The molecule has 2 aliphatic heterocycles. The molecule has 2 heterocycles. The van der Waals surface area contributed by atoms with E-state index in [1.165, 1.54) is 0 Å². The predicted molar refractivity (Wildman–Crippen MR) is 115 cm³/mol. The Morgan fingerprint density at radius 3 is 2.77 bits per heavy atom. The number of fused-ring (bicyclic) bond motifs is 2. The number of rotatable bonds is 5. The van der Waals surface area contributed by atoms with Gasteiger partial charge in [-0.1, -0.05) is 31.2 Å². The van der Waals surface area contributed by atoms with E-state index >= 15 is 0 Å². The second-order valence-corrected chi connectivity index (χ2v) is 8.08. The molecule has 2 aromatic carbocycles. The van der Waals surface area contributed by atoms with Crippen molar-refractivity contribution in [2.45, 2.75) is 51.7 Å². The third-order valence-electron chi connectivity index (χ3n) is 6.01. The molecule has 0 spiro atoms. The van der Waals surface area contributed by atoms with E-state index in [9.17, 15) is 14.4 Å². The second kappa shape index (κ2) is 8.30. The number of nitrogens with zero attached hydrogens (tertiary/aromatic N) is 2. The number of carbonyl (C=O) groups is 3. The molecule has 0 saturated carbocycles. The molecule has 2 atom stereocenters. The summed E-state index contributed by atoms with van der Waals surface area (Å²) < 4.78 is 0. The van der Waals surface area contributed by atoms with Gasteiger partial charge in [-0.05, 0) is 56.0 Å². The number of hydrogen-bond donors (Lipinski definition) is 1.